The summed E-state index contributed by atoms with van der Waals surface area (Å²) in [5, 5.41) is 19.9. The second-order valence-electron chi connectivity index (χ2n) is 4.46. The molecule has 2 atom stereocenters. The van der Waals surface area contributed by atoms with Crippen LogP contribution in [-0.2, 0) is 0 Å². The summed E-state index contributed by atoms with van der Waals surface area (Å²) in [6, 6.07) is 0. The van der Waals surface area contributed by atoms with Crippen molar-refractivity contribution in [3.8, 4) is 0 Å². The molecule has 0 rings (SSSR count). The van der Waals surface area contributed by atoms with E-state index in [0.29, 0.717) is 0 Å². The number of hydrogen-bond donors (Lipinski definition) is 2. The zero-order chi connectivity index (χ0) is 11.2. The van der Waals surface area contributed by atoms with Crippen LogP contribution in [0.4, 0.5) is 0 Å². The molecule has 2 nitrogen and oxygen atoms in total. The molecule has 0 aromatic heterocycles. The molecule has 0 aromatic carbocycles. The third kappa shape index (κ3) is 3.25. The topological polar surface area (TPSA) is 40.5 Å². The van der Waals surface area contributed by atoms with Crippen LogP contribution >= 0.6 is 0 Å². The van der Waals surface area contributed by atoms with Crippen LogP contribution in [-0.4, -0.2) is 22.4 Å². The highest BCUT2D eigenvalue weighted by molar-refractivity contribution is 4.87. The van der Waals surface area contributed by atoms with Gasteiger partial charge in [-0.05, 0) is 19.3 Å². The van der Waals surface area contributed by atoms with Crippen LogP contribution in [0.15, 0.2) is 0 Å². The number of rotatable bonds is 7. The molecule has 0 aliphatic carbocycles. The van der Waals surface area contributed by atoms with E-state index in [1.807, 2.05) is 20.8 Å². The quantitative estimate of drug-likeness (QED) is 0.666. The van der Waals surface area contributed by atoms with Crippen molar-refractivity contribution < 1.29 is 10.2 Å². The van der Waals surface area contributed by atoms with Gasteiger partial charge in [-0.15, -0.1) is 0 Å². The Balaban J connectivity index is 4.47. The average Bonchev–Trinajstić information content (AvgIpc) is 2.23. The summed E-state index contributed by atoms with van der Waals surface area (Å²) >= 11 is 0. The van der Waals surface area contributed by atoms with Crippen molar-refractivity contribution in [3.63, 3.8) is 0 Å². The van der Waals surface area contributed by atoms with Gasteiger partial charge in [0.05, 0.1) is 12.2 Å². The van der Waals surface area contributed by atoms with E-state index in [0.717, 1.165) is 32.1 Å². The predicted octanol–water partition coefficient (Wildman–Crippen LogP) is 2.72. The van der Waals surface area contributed by atoms with E-state index in [9.17, 15) is 10.2 Å². The van der Waals surface area contributed by atoms with Crippen LogP contribution in [0.5, 0.6) is 0 Å². The van der Waals surface area contributed by atoms with Gasteiger partial charge in [-0.3, -0.25) is 0 Å². The number of hydrogen-bond acceptors (Lipinski definition) is 2. The Morgan fingerprint density at radius 1 is 1.00 bits per heavy atom. The highest BCUT2D eigenvalue weighted by Gasteiger charge is 2.37. The van der Waals surface area contributed by atoms with Crippen LogP contribution in [0.3, 0.4) is 0 Å². The second kappa shape index (κ2) is 6.41. The molecule has 0 aromatic rings. The molecule has 2 N–H and O–H groups in total. The molecule has 86 valence electrons. The van der Waals surface area contributed by atoms with Crippen molar-refractivity contribution in [2.24, 2.45) is 5.41 Å². The molecule has 0 amide bonds. The van der Waals surface area contributed by atoms with Gasteiger partial charge in [0.15, 0.2) is 0 Å². The standard InChI is InChI=1S/C12H26O2/c1-5-8-9-12(4,10(13)6-2)11(14)7-3/h10-11,13-14H,5-9H2,1-4H3. The van der Waals surface area contributed by atoms with Gasteiger partial charge in [-0.25, -0.2) is 0 Å². The molecular formula is C12H26O2. The van der Waals surface area contributed by atoms with Gasteiger partial charge in [-0.1, -0.05) is 40.5 Å². The molecule has 2 unspecified atom stereocenters. The lowest BCUT2D eigenvalue weighted by Crippen LogP contribution is -2.42. The minimum absolute atomic E-state index is 0.320. The highest BCUT2D eigenvalue weighted by atomic mass is 16.3. The zero-order valence-electron chi connectivity index (χ0n) is 10.1. The summed E-state index contributed by atoms with van der Waals surface area (Å²) in [7, 11) is 0. The second-order valence-corrected chi connectivity index (χ2v) is 4.46. The number of aliphatic hydroxyl groups excluding tert-OH is 2. The first-order chi connectivity index (χ1) is 6.52. The summed E-state index contributed by atoms with van der Waals surface area (Å²) in [6.45, 7) is 8.08. The molecule has 0 saturated heterocycles. The van der Waals surface area contributed by atoms with E-state index in [4.69, 9.17) is 0 Å². The molecule has 2 heteroatoms. The van der Waals surface area contributed by atoms with Gasteiger partial charge < -0.3 is 10.2 Å². The lowest BCUT2D eigenvalue weighted by Gasteiger charge is -2.38. The molecule has 0 heterocycles. The zero-order valence-corrected chi connectivity index (χ0v) is 10.1. The smallest absolute Gasteiger partial charge is 0.0615 e. The Morgan fingerprint density at radius 3 is 1.71 bits per heavy atom. The van der Waals surface area contributed by atoms with E-state index in [2.05, 4.69) is 6.92 Å². The number of unbranched alkanes of at least 4 members (excludes halogenated alkanes) is 1. The van der Waals surface area contributed by atoms with E-state index in [1.165, 1.54) is 0 Å². The van der Waals surface area contributed by atoms with Crippen LogP contribution < -0.4 is 0 Å². The van der Waals surface area contributed by atoms with Gasteiger partial charge in [0.1, 0.15) is 0 Å². The maximum Gasteiger partial charge on any atom is 0.0615 e. The fourth-order valence-electron chi connectivity index (χ4n) is 2.05. The van der Waals surface area contributed by atoms with Crippen LogP contribution in [0, 0.1) is 5.41 Å². The summed E-state index contributed by atoms with van der Waals surface area (Å²) in [5.41, 5.74) is -0.320. The van der Waals surface area contributed by atoms with Crippen LogP contribution in [0.2, 0.25) is 0 Å². The fraction of sp³-hybridized carbons (Fsp3) is 1.00. The minimum Gasteiger partial charge on any atom is -0.392 e. The summed E-state index contributed by atoms with van der Waals surface area (Å²) in [6.07, 6.45) is 3.77. The van der Waals surface area contributed by atoms with Gasteiger partial charge >= 0.3 is 0 Å². The maximum absolute atomic E-state index is 9.95. The van der Waals surface area contributed by atoms with Crippen molar-refractivity contribution >= 4 is 0 Å². The largest absolute Gasteiger partial charge is 0.392 e. The molecule has 0 bridgehead atoms. The maximum atomic E-state index is 9.95. The SMILES string of the molecule is CCCCC(C)(C(O)CC)C(O)CC. The average molecular weight is 202 g/mol. The third-order valence-corrected chi connectivity index (χ3v) is 3.36. The Morgan fingerprint density at radius 2 is 1.43 bits per heavy atom. The Bertz CT molecular complexity index is 135. The van der Waals surface area contributed by atoms with E-state index >= 15 is 0 Å². The lowest BCUT2D eigenvalue weighted by molar-refractivity contribution is -0.0678. The van der Waals surface area contributed by atoms with Crippen molar-refractivity contribution in [1.29, 1.82) is 0 Å². The Kier molecular flexibility index (Phi) is 6.38. The lowest BCUT2D eigenvalue weighted by atomic mass is 9.73. The van der Waals surface area contributed by atoms with Crippen LogP contribution in [0.25, 0.3) is 0 Å². The van der Waals surface area contributed by atoms with E-state index in [-0.39, 0.29) is 17.6 Å². The number of aliphatic hydroxyl groups is 2. The summed E-state index contributed by atoms with van der Waals surface area (Å²) in [5.74, 6) is 0. The summed E-state index contributed by atoms with van der Waals surface area (Å²) in [4.78, 5) is 0. The molecular weight excluding hydrogens is 176 g/mol. The predicted molar refractivity (Wildman–Crippen MR) is 60.2 cm³/mol. The fourth-order valence-corrected chi connectivity index (χ4v) is 2.05. The molecule has 0 spiro atoms. The van der Waals surface area contributed by atoms with E-state index < -0.39 is 0 Å². The minimum atomic E-state index is -0.385. The first kappa shape index (κ1) is 13.9. The van der Waals surface area contributed by atoms with Crippen molar-refractivity contribution in [1.82, 2.24) is 0 Å². The first-order valence-electron chi connectivity index (χ1n) is 5.89. The van der Waals surface area contributed by atoms with Crippen molar-refractivity contribution in [2.45, 2.75) is 72.0 Å². The Hall–Kier alpha value is -0.0800. The molecule has 0 saturated carbocycles. The molecule has 0 aliphatic rings. The van der Waals surface area contributed by atoms with Gasteiger partial charge in [-0.2, -0.15) is 0 Å². The molecule has 14 heavy (non-hydrogen) atoms. The first-order valence-corrected chi connectivity index (χ1v) is 5.89. The third-order valence-electron chi connectivity index (χ3n) is 3.36. The monoisotopic (exact) mass is 202 g/mol. The van der Waals surface area contributed by atoms with Crippen molar-refractivity contribution in [2.75, 3.05) is 0 Å². The molecule has 0 fully saturated rings. The van der Waals surface area contributed by atoms with Crippen LogP contribution in [0.1, 0.15) is 59.8 Å². The normalized spacial score (nSPS) is 20.1. The summed E-state index contributed by atoms with van der Waals surface area (Å²) < 4.78 is 0. The Labute approximate surface area is 88.3 Å². The van der Waals surface area contributed by atoms with Gasteiger partial charge in [0.25, 0.3) is 0 Å². The highest BCUT2D eigenvalue weighted by Crippen LogP contribution is 2.35. The van der Waals surface area contributed by atoms with Gasteiger partial charge in [0.2, 0.25) is 0 Å². The molecule has 0 radical (unpaired) electrons. The van der Waals surface area contributed by atoms with Crippen molar-refractivity contribution in [3.05, 3.63) is 0 Å². The van der Waals surface area contributed by atoms with E-state index in [1.54, 1.807) is 0 Å². The molecule has 0 aliphatic heterocycles. The van der Waals surface area contributed by atoms with Gasteiger partial charge in [0, 0.05) is 5.41 Å².